The molecule has 0 aliphatic rings. The highest BCUT2D eigenvalue weighted by Gasteiger charge is 2.40. The zero-order valence-electron chi connectivity index (χ0n) is 20.1. The average Bonchev–Trinajstić information content (AvgIpc) is 3.59. The molecule has 7 heteroatoms. The molecule has 0 saturated carbocycles. The molecule has 3 aromatic carbocycles. The number of carbonyl (C=O) groups excluding carboxylic acids is 1. The van der Waals surface area contributed by atoms with E-state index in [1.54, 1.807) is 22.9 Å². The van der Waals surface area contributed by atoms with Gasteiger partial charge < -0.3 is 9.15 Å². The molecule has 0 atom stereocenters. The van der Waals surface area contributed by atoms with Crippen molar-refractivity contribution in [3.05, 3.63) is 144 Å². The molecular formula is C30H26FN3O3. The second kappa shape index (κ2) is 11.0. The number of aromatic nitrogens is 2. The minimum atomic E-state index is -0.974. The first-order valence-corrected chi connectivity index (χ1v) is 12.1. The Hall–Kier alpha value is -4.65. The number of anilines is 1. The second-order valence-electron chi connectivity index (χ2n) is 8.52. The molecular weight excluding hydrogens is 469 g/mol. The molecule has 2 aromatic heterocycles. The van der Waals surface area contributed by atoms with Crippen molar-refractivity contribution in [1.82, 2.24) is 9.55 Å². The molecule has 0 saturated heterocycles. The fraction of sp³-hybridized carbons (Fsp3) is 0.133. The molecule has 0 unspecified atom stereocenters. The number of hydrogen-bond donors (Lipinski definition) is 1. The van der Waals surface area contributed by atoms with Gasteiger partial charge in [0.1, 0.15) is 5.54 Å². The summed E-state index contributed by atoms with van der Waals surface area (Å²) in [5.74, 6) is 0.310. The number of halogens is 1. The van der Waals surface area contributed by atoms with Crippen LogP contribution in [0.15, 0.2) is 120 Å². The van der Waals surface area contributed by atoms with Gasteiger partial charge in [0.2, 0.25) is 5.88 Å². The van der Waals surface area contributed by atoms with Crippen LogP contribution < -0.4 is 5.32 Å². The number of ether oxygens (including phenoxy) is 1. The van der Waals surface area contributed by atoms with Crippen molar-refractivity contribution in [2.75, 3.05) is 11.9 Å². The lowest BCUT2D eigenvalue weighted by molar-refractivity contribution is 0.159. The average molecular weight is 496 g/mol. The lowest BCUT2D eigenvalue weighted by atomic mass is 9.76. The van der Waals surface area contributed by atoms with E-state index in [0.29, 0.717) is 24.4 Å². The van der Waals surface area contributed by atoms with Crippen molar-refractivity contribution in [2.24, 2.45) is 0 Å². The van der Waals surface area contributed by atoms with Gasteiger partial charge >= 0.3 is 6.09 Å². The first-order chi connectivity index (χ1) is 18.2. The topological polar surface area (TPSA) is 69.3 Å². The van der Waals surface area contributed by atoms with Crippen LogP contribution >= 0.6 is 0 Å². The predicted octanol–water partition coefficient (Wildman–Crippen LogP) is 6.64. The summed E-state index contributed by atoms with van der Waals surface area (Å²) >= 11 is 0. The zero-order chi connectivity index (χ0) is 25.5. The predicted molar refractivity (Wildman–Crippen MR) is 139 cm³/mol. The molecule has 0 radical (unpaired) electrons. The number of hydrogen-bond acceptors (Lipinski definition) is 4. The van der Waals surface area contributed by atoms with Crippen LogP contribution in [0.4, 0.5) is 15.1 Å². The van der Waals surface area contributed by atoms with Crippen LogP contribution in [0.1, 0.15) is 28.8 Å². The number of nitrogens with zero attached hydrogens (tertiary/aromatic N) is 2. The fourth-order valence-corrected chi connectivity index (χ4v) is 4.62. The van der Waals surface area contributed by atoms with Crippen molar-refractivity contribution in [2.45, 2.75) is 18.4 Å². The number of amides is 1. The summed E-state index contributed by atoms with van der Waals surface area (Å²) in [4.78, 5) is 16.2. The van der Waals surface area contributed by atoms with Crippen molar-refractivity contribution in [1.29, 1.82) is 0 Å². The third-order valence-electron chi connectivity index (χ3n) is 6.21. The lowest BCUT2D eigenvalue weighted by Gasteiger charge is -2.37. The summed E-state index contributed by atoms with van der Waals surface area (Å²) in [6, 6.07) is 32.9. The van der Waals surface area contributed by atoms with Crippen LogP contribution in [0.5, 0.6) is 0 Å². The minimum Gasteiger partial charge on any atom is -0.449 e. The maximum atomic E-state index is 15.8. The minimum absolute atomic E-state index is 0.155. The van der Waals surface area contributed by atoms with Crippen LogP contribution in [0, 0.1) is 6.08 Å². The van der Waals surface area contributed by atoms with E-state index in [0.717, 1.165) is 16.7 Å². The maximum absolute atomic E-state index is 15.8. The first-order valence-electron chi connectivity index (χ1n) is 12.1. The number of aryl methyl sites for hydroxylation is 1. The van der Waals surface area contributed by atoms with Gasteiger partial charge in [0.25, 0.3) is 6.08 Å². The Balaban J connectivity index is 1.45. The summed E-state index contributed by atoms with van der Waals surface area (Å²) < 4.78 is 27.6. The normalized spacial score (nSPS) is 11.3. The molecule has 186 valence electrons. The number of imidazole rings is 1. The van der Waals surface area contributed by atoms with Gasteiger partial charge in [0.05, 0.1) is 18.6 Å². The third-order valence-corrected chi connectivity index (χ3v) is 6.21. The quantitative estimate of drug-likeness (QED) is 0.184. The molecule has 6 nitrogen and oxygen atoms in total. The Labute approximate surface area is 214 Å². The van der Waals surface area contributed by atoms with Gasteiger partial charge in [0.15, 0.2) is 0 Å². The van der Waals surface area contributed by atoms with E-state index >= 15 is 4.39 Å². The van der Waals surface area contributed by atoms with Crippen molar-refractivity contribution in [3.8, 4) is 0 Å². The highest BCUT2D eigenvalue weighted by atomic mass is 19.1. The maximum Gasteiger partial charge on any atom is 0.413 e. The largest absolute Gasteiger partial charge is 0.449 e. The van der Waals surface area contributed by atoms with Gasteiger partial charge in [-0.3, -0.25) is 9.88 Å². The highest BCUT2D eigenvalue weighted by molar-refractivity contribution is 5.82. The fourth-order valence-electron chi connectivity index (χ4n) is 4.62. The smallest absolute Gasteiger partial charge is 0.413 e. The lowest BCUT2D eigenvalue weighted by Crippen LogP contribution is -2.38. The van der Waals surface area contributed by atoms with Crippen LogP contribution in [-0.4, -0.2) is 22.3 Å². The van der Waals surface area contributed by atoms with E-state index in [2.05, 4.69) is 10.3 Å². The summed E-state index contributed by atoms with van der Waals surface area (Å²) in [6.45, 7) is 0.155. The van der Waals surface area contributed by atoms with E-state index < -0.39 is 17.7 Å². The molecule has 0 bridgehead atoms. The summed E-state index contributed by atoms with van der Waals surface area (Å²) in [5.41, 5.74) is 2.33. The Morgan fingerprint density at radius 2 is 1.43 bits per heavy atom. The van der Waals surface area contributed by atoms with Crippen LogP contribution in [0.25, 0.3) is 0 Å². The number of carbonyl (C=O) groups is 1. The molecule has 5 rings (SSSR count). The highest BCUT2D eigenvalue weighted by Crippen LogP contribution is 2.41. The molecule has 0 spiro atoms. The number of benzene rings is 3. The first kappa shape index (κ1) is 24.1. The van der Waals surface area contributed by atoms with Gasteiger partial charge in [-0.2, -0.15) is 4.39 Å². The third kappa shape index (κ3) is 5.02. The van der Waals surface area contributed by atoms with Gasteiger partial charge in [-0.05, 0) is 35.6 Å². The Kier molecular flexibility index (Phi) is 7.12. The number of furan rings is 1. The summed E-state index contributed by atoms with van der Waals surface area (Å²) in [5, 5.41) is 2.50. The summed E-state index contributed by atoms with van der Waals surface area (Å²) in [7, 11) is 0. The van der Waals surface area contributed by atoms with Gasteiger partial charge in [0, 0.05) is 12.3 Å². The number of rotatable bonds is 9. The summed E-state index contributed by atoms with van der Waals surface area (Å²) in [6.07, 6.45) is 2.93. The molecule has 1 N–H and O–H groups in total. The van der Waals surface area contributed by atoms with Crippen LogP contribution in [-0.2, 0) is 16.7 Å². The van der Waals surface area contributed by atoms with Gasteiger partial charge in [-0.1, -0.05) is 91.0 Å². The van der Waals surface area contributed by atoms with Crippen molar-refractivity contribution < 1.29 is 18.3 Å². The second-order valence-corrected chi connectivity index (χ2v) is 8.52. The van der Waals surface area contributed by atoms with Gasteiger partial charge in [-0.15, -0.1) is 0 Å². The monoisotopic (exact) mass is 495 g/mol. The standard InChI is InChI=1S/C30H26FN3O3/c31-28-32-26(18-10-21-37-29(35)33-27-19-11-20-36-27)22-34(28)30(23-12-4-1-5-13-23,24-14-6-2-7-15-24)25-16-8-3-9-17-25/h1-9,11-17,19-20,22H,10,18,21H2,(H,33,35). The van der Waals surface area contributed by atoms with E-state index in [9.17, 15) is 4.79 Å². The van der Waals surface area contributed by atoms with Crippen molar-refractivity contribution in [3.63, 3.8) is 0 Å². The van der Waals surface area contributed by atoms with Crippen LogP contribution in [0.2, 0.25) is 0 Å². The molecule has 1 amide bonds. The van der Waals surface area contributed by atoms with E-state index in [4.69, 9.17) is 9.15 Å². The van der Waals surface area contributed by atoms with Crippen molar-refractivity contribution >= 4 is 12.0 Å². The molecule has 0 aliphatic carbocycles. The molecule has 37 heavy (non-hydrogen) atoms. The molecule has 5 aromatic rings. The van der Waals surface area contributed by atoms with E-state index in [-0.39, 0.29) is 6.61 Å². The SMILES string of the molecule is O=C(Nc1ccco1)OCCCc1cn(C(c2ccccc2)(c2ccccc2)c2ccccc2)c(F)n1. The molecule has 2 heterocycles. The zero-order valence-corrected chi connectivity index (χ0v) is 20.1. The molecule has 0 aliphatic heterocycles. The Bertz CT molecular complexity index is 1320. The van der Waals surface area contributed by atoms with E-state index in [1.165, 1.54) is 6.26 Å². The Morgan fingerprint density at radius 3 is 1.95 bits per heavy atom. The molecule has 0 fully saturated rings. The Morgan fingerprint density at radius 1 is 0.865 bits per heavy atom. The number of nitrogens with one attached hydrogen (secondary N) is 1. The van der Waals surface area contributed by atoms with Crippen LogP contribution in [0.3, 0.4) is 0 Å². The van der Waals surface area contributed by atoms with Gasteiger partial charge in [-0.25, -0.2) is 9.78 Å². The van der Waals surface area contributed by atoms with E-state index in [1.807, 2.05) is 91.0 Å².